The highest BCUT2D eigenvalue weighted by molar-refractivity contribution is 9.10. The van der Waals surface area contributed by atoms with Gasteiger partial charge in [0.25, 0.3) is 5.56 Å². The van der Waals surface area contributed by atoms with Gasteiger partial charge in [0.1, 0.15) is 11.9 Å². The number of rotatable bonds is 4. The lowest BCUT2D eigenvalue weighted by Crippen LogP contribution is -2.33. The van der Waals surface area contributed by atoms with E-state index in [1.165, 1.54) is 18.2 Å². The molecule has 138 valence electrons. The predicted molar refractivity (Wildman–Crippen MR) is 106 cm³/mol. The zero-order chi connectivity index (χ0) is 19.6. The van der Waals surface area contributed by atoms with Crippen molar-refractivity contribution in [2.45, 2.75) is 19.9 Å². The molecule has 2 aromatic carbocycles. The summed E-state index contributed by atoms with van der Waals surface area (Å²) in [5.74, 6) is -0.712. The maximum absolute atomic E-state index is 13.1. The second-order valence-corrected chi connectivity index (χ2v) is 7.05. The molecule has 27 heavy (non-hydrogen) atoms. The van der Waals surface area contributed by atoms with Crippen molar-refractivity contribution in [1.29, 1.82) is 0 Å². The fourth-order valence-corrected chi connectivity index (χ4v) is 3.07. The number of hydrogen-bond donors (Lipinski definition) is 1. The maximum Gasteiger partial charge on any atom is 0.267 e. The van der Waals surface area contributed by atoms with Gasteiger partial charge in [-0.3, -0.25) is 9.59 Å². The van der Waals surface area contributed by atoms with Gasteiger partial charge in [-0.2, -0.15) is 5.10 Å². The zero-order valence-corrected chi connectivity index (χ0v) is 16.3. The Bertz CT molecular complexity index is 1050. The molecule has 1 heterocycles. The number of hydrogen-bond acceptors (Lipinski definition) is 3. The van der Waals surface area contributed by atoms with Crippen LogP contribution in [-0.2, 0) is 4.79 Å². The Hall–Kier alpha value is -2.80. The Morgan fingerprint density at radius 2 is 1.85 bits per heavy atom. The second-order valence-electron chi connectivity index (χ2n) is 6.13. The van der Waals surface area contributed by atoms with Crippen LogP contribution in [0, 0.1) is 12.7 Å². The van der Waals surface area contributed by atoms with Gasteiger partial charge in [-0.1, -0.05) is 15.9 Å². The summed E-state index contributed by atoms with van der Waals surface area (Å²) in [6.45, 7) is 3.48. The van der Waals surface area contributed by atoms with E-state index in [4.69, 9.17) is 0 Å². The van der Waals surface area contributed by atoms with Crippen LogP contribution in [0.3, 0.4) is 0 Å². The quantitative estimate of drug-likeness (QED) is 0.671. The topological polar surface area (TPSA) is 64.0 Å². The Balaban J connectivity index is 1.88. The number of aromatic nitrogens is 2. The lowest BCUT2D eigenvalue weighted by molar-refractivity contribution is -0.119. The minimum absolute atomic E-state index is 0.355. The molecule has 0 saturated carbocycles. The highest BCUT2D eigenvalue weighted by atomic mass is 79.9. The first-order valence-corrected chi connectivity index (χ1v) is 9.07. The number of nitrogens with one attached hydrogen (secondary N) is 1. The Morgan fingerprint density at radius 3 is 2.52 bits per heavy atom. The van der Waals surface area contributed by atoms with Gasteiger partial charge in [-0.25, -0.2) is 9.07 Å². The molecule has 1 aromatic heterocycles. The van der Waals surface area contributed by atoms with Gasteiger partial charge < -0.3 is 5.32 Å². The third-order valence-electron chi connectivity index (χ3n) is 4.16. The van der Waals surface area contributed by atoms with Crippen LogP contribution < -0.4 is 10.9 Å². The summed E-state index contributed by atoms with van der Waals surface area (Å²) < 4.78 is 15.2. The second kappa shape index (κ2) is 7.84. The van der Waals surface area contributed by atoms with Gasteiger partial charge in [-0.05, 0) is 67.9 Å². The minimum Gasteiger partial charge on any atom is -0.324 e. The number of benzene rings is 2. The molecule has 0 radical (unpaired) electrons. The number of nitrogens with zero attached hydrogens (tertiary/aromatic N) is 2. The third-order valence-corrected chi connectivity index (χ3v) is 4.65. The van der Waals surface area contributed by atoms with Crippen LogP contribution in [0.4, 0.5) is 10.1 Å². The number of carbonyl (C=O) groups excluding carboxylic acids is 1. The normalized spacial score (nSPS) is 11.9. The van der Waals surface area contributed by atoms with E-state index in [9.17, 15) is 14.0 Å². The molecule has 3 rings (SSSR count). The van der Waals surface area contributed by atoms with Crippen molar-refractivity contribution < 1.29 is 9.18 Å². The van der Waals surface area contributed by atoms with E-state index < -0.39 is 11.6 Å². The SMILES string of the molecule is Cc1cc(Br)ccc1NC(=O)C(C)n1nc(-c2ccc(F)cc2)ccc1=O. The van der Waals surface area contributed by atoms with E-state index in [0.29, 0.717) is 16.9 Å². The molecule has 0 aliphatic heterocycles. The van der Waals surface area contributed by atoms with Crippen LogP contribution in [0.2, 0.25) is 0 Å². The highest BCUT2D eigenvalue weighted by Crippen LogP contribution is 2.21. The maximum atomic E-state index is 13.1. The van der Waals surface area contributed by atoms with E-state index in [0.717, 1.165) is 14.7 Å². The Morgan fingerprint density at radius 1 is 1.15 bits per heavy atom. The molecule has 3 aromatic rings. The standard InChI is InChI=1S/C20H17BrFN3O2/c1-12-11-15(21)5-8-17(12)23-20(27)13(2)25-19(26)10-9-18(24-25)14-3-6-16(22)7-4-14/h3-11,13H,1-2H3,(H,23,27). The van der Waals surface area contributed by atoms with E-state index in [2.05, 4.69) is 26.3 Å². The fraction of sp³-hybridized carbons (Fsp3) is 0.150. The van der Waals surface area contributed by atoms with E-state index >= 15 is 0 Å². The van der Waals surface area contributed by atoms with Crippen molar-refractivity contribution in [3.05, 3.63) is 80.8 Å². The molecule has 1 unspecified atom stereocenters. The minimum atomic E-state index is -0.819. The molecule has 0 aliphatic rings. The van der Waals surface area contributed by atoms with Crippen LogP contribution in [-0.4, -0.2) is 15.7 Å². The average Bonchev–Trinajstić information content (AvgIpc) is 2.64. The molecule has 1 atom stereocenters. The van der Waals surface area contributed by atoms with Crippen molar-refractivity contribution in [2.24, 2.45) is 0 Å². The van der Waals surface area contributed by atoms with Gasteiger partial charge in [0, 0.05) is 21.8 Å². The molecule has 0 bridgehead atoms. The molecule has 7 heteroatoms. The number of amides is 1. The number of carbonyl (C=O) groups is 1. The van der Waals surface area contributed by atoms with Crippen molar-refractivity contribution >= 4 is 27.5 Å². The van der Waals surface area contributed by atoms with E-state index in [-0.39, 0.29) is 11.7 Å². The van der Waals surface area contributed by atoms with Crippen molar-refractivity contribution in [1.82, 2.24) is 9.78 Å². The van der Waals surface area contributed by atoms with Crippen LogP contribution in [0.15, 0.2) is 63.9 Å². The van der Waals surface area contributed by atoms with Gasteiger partial charge in [0.2, 0.25) is 5.91 Å². The highest BCUT2D eigenvalue weighted by Gasteiger charge is 2.19. The average molecular weight is 430 g/mol. The van der Waals surface area contributed by atoms with Crippen molar-refractivity contribution in [3.63, 3.8) is 0 Å². The lowest BCUT2D eigenvalue weighted by atomic mass is 10.1. The smallest absolute Gasteiger partial charge is 0.267 e. The summed E-state index contributed by atoms with van der Waals surface area (Å²) >= 11 is 3.38. The van der Waals surface area contributed by atoms with Gasteiger partial charge in [-0.15, -0.1) is 0 Å². The van der Waals surface area contributed by atoms with Crippen LogP contribution in [0.1, 0.15) is 18.5 Å². The molecular weight excluding hydrogens is 413 g/mol. The molecule has 1 N–H and O–H groups in total. The van der Waals surface area contributed by atoms with Crippen molar-refractivity contribution in [2.75, 3.05) is 5.32 Å². The van der Waals surface area contributed by atoms with Gasteiger partial charge in [0.15, 0.2) is 0 Å². The Labute approximate surface area is 164 Å². The molecule has 5 nitrogen and oxygen atoms in total. The monoisotopic (exact) mass is 429 g/mol. The van der Waals surface area contributed by atoms with Crippen LogP contribution in [0.25, 0.3) is 11.3 Å². The molecule has 0 saturated heterocycles. The van der Waals surface area contributed by atoms with E-state index in [1.54, 1.807) is 31.2 Å². The summed E-state index contributed by atoms with van der Waals surface area (Å²) in [7, 11) is 0. The first-order valence-electron chi connectivity index (χ1n) is 8.28. The molecule has 0 spiro atoms. The fourth-order valence-electron chi connectivity index (χ4n) is 2.59. The summed E-state index contributed by atoms with van der Waals surface area (Å²) in [5, 5.41) is 7.11. The zero-order valence-electron chi connectivity index (χ0n) is 14.7. The number of halogens is 2. The summed E-state index contributed by atoms with van der Waals surface area (Å²) in [4.78, 5) is 24.8. The molecule has 0 fully saturated rings. The lowest BCUT2D eigenvalue weighted by Gasteiger charge is -2.16. The number of anilines is 1. The summed E-state index contributed by atoms with van der Waals surface area (Å²) in [6, 6.07) is 13.4. The number of aryl methyl sites for hydroxylation is 1. The molecule has 1 amide bonds. The molecule has 0 aliphatic carbocycles. The third kappa shape index (κ3) is 4.31. The van der Waals surface area contributed by atoms with E-state index in [1.807, 2.05) is 19.1 Å². The largest absolute Gasteiger partial charge is 0.324 e. The first kappa shape index (κ1) is 19.0. The van der Waals surface area contributed by atoms with Crippen LogP contribution >= 0.6 is 15.9 Å². The molecular formula is C20H17BrFN3O2. The predicted octanol–water partition coefficient (Wildman–Crippen LogP) is 4.32. The van der Waals surface area contributed by atoms with Gasteiger partial charge >= 0.3 is 0 Å². The van der Waals surface area contributed by atoms with Crippen molar-refractivity contribution in [3.8, 4) is 11.3 Å². The Kier molecular flexibility index (Phi) is 5.51. The summed E-state index contributed by atoms with van der Waals surface area (Å²) in [5.41, 5.74) is 2.30. The van der Waals surface area contributed by atoms with Crippen LogP contribution in [0.5, 0.6) is 0 Å². The first-order chi connectivity index (χ1) is 12.8. The van der Waals surface area contributed by atoms with Gasteiger partial charge in [0.05, 0.1) is 5.69 Å². The summed E-state index contributed by atoms with van der Waals surface area (Å²) in [6.07, 6.45) is 0.